The fourth-order valence-electron chi connectivity index (χ4n) is 3.35. The molecule has 3 heteroatoms. The van der Waals surface area contributed by atoms with Crippen molar-refractivity contribution >= 4 is 0 Å². The van der Waals surface area contributed by atoms with E-state index in [1.54, 1.807) is 0 Å². The van der Waals surface area contributed by atoms with Gasteiger partial charge >= 0.3 is 0 Å². The van der Waals surface area contributed by atoms with Gasteiger partial charge in [0.1, 0.15) is 0 Å². The lowest BCUT2D eigenvalue weighted by Gasteiger charge is -2.38. The number of likely N-dealkylation sites (tertiary alicyclic amines) is 1. The highest BCUT2D eigenvalue weighted by Gasteiger charge is 2.27. The van der Waals surface area contributed by atoms with Gasteiger partial charge in [-0.2, -0.15) is 0 Å². The molecule has 2 aliphatic heterocycles. The van der Waals surface area contributed by atoms with Crippen LogP contribution in [0.5, 0.6) is 0 Å². The van der Waals surface area contributed by atoms with Crippen molar-refractivity contribution in [2.75, 3.05) is 19.6 Å². The Labute approximate surface area is 106 Å². The highest BCUT2D eigenvalue weighted by molar-refractivity contribution is 4.85. The molecule has 100 valence electrons. The molecule has 0 saturated carbocycles. The maximum Gasteiger partial charge on any atom is 0.0565 e. The highest BCUT2D eigenvalue weighted by atomic mass is 16.5. The summed E-state index contributed by atoms with van der Waals surface area (Å²) in [5.74, 6) is 0. The molecule has 0 spiro atoms. The summed E-state index contributed by atoms with van der Waals surface area (Å²) in [7, 11) is 0. The van der Waals surface area contributed by atoms with Gasteiger partial charge in [-0.3, -0.25) is 0 Å². The van der Waals surface area contributed by atoms with Gasteiger partial charge < -0.3 is 15.0 Å². The summed E-state index contributed by atoms with van der Waals surface area (Å²) in [6.45, 7) is 10.4. The predicted octanol–water partition coefficient (Wildman–Crippen LogP) is 2.02. The molecule has 0 radical (unpaired) electrons. The molecule has 0 aromatic carbocycles. The Morgan fingerprint density at radius 2 is 1.88 bits per heavy atom. The van der Waals surface area contributed by atoms with E-state index in [4.69, 9.17) is 4.74 Å². The number of piperidine rings is 1. The standard InChI is InChI=1S/C14H28N2O/c1-4-16-7-5-6-13(10-16)15-14-8-11(2)17-12(3)9-14/h11-15H,4-10H2,1-3H3. The van der Waals surface area contributed by atoms with E-state index in [-0.39, 0.29) is 0 Å². The molecule has 1 N–H and O–H groups in total. The second-order valence-corrected chi connectivity index (χ2v) is 5.82. The molecule has 0 aromatic heterocycles. The van der Waals surface area contributed by atoms with Gasteiger partial charge in [0, 0.05) is 18.6 Å². The van der Waals surface area contributed by atoms with E-state index in [0.29, 0.717) is 24.3 Å². The van der Waals surface area contributed by atoms with Crippen LogP contribution < -0.4 is 5.32 Å². The van der Waals surface area contributed by atoms with Crippen LogP contribution in [0.1, 0.15) is 46.5 Å². The largest absolute Gasteiger partial charge is 0.375 e. The quantitative estimate of drug-likeness (QED) is 0.817. The summed E-state index contributed by atoms with van der Waals surface area (Å²) < 4.78 is 5.80. The van der Waals surface area contributed by atoms with Crippen molar-refractivity contribution in [2.24, 2.45) is 0 Å². The number of ether oxygens (including phenoxy) is 1. The Morgan fingerprint density at radius 3 is 2.53 bits per heavy atom. The number of rotatable bonds is 3. The van der Waals surface area contributed by atoms with Crippen molar-refractivity contribution in [2.45, 2.75) is 70.7 Å². The lowest BCUT2D eigenvalue weighted by molar-refractivity contribution is -0.0447. The maximum atomic E-state index is 5.80. The summed E-state index contributed by atoms with van der Waals surface area (Å²) in [5.41, 5.74) is 0. The molecule has 2 aliphatic rings. The first-order chi connectivity index (χ1) is 8.17. The summed E-state index contributed by atoms with van der Waals surface area (Å²) in [5, 5.41) is 3.86. The molecule has 3 nitrogen and oxygen atoms in total. The van der Waals surface area contributed by atoms with Crippen LogP contribution in [0.25, 0.3) is 0 Å². The normalized spacial score (nSPS) is 40.4. The van der Waals surface area contributed by atoms with Gasteiger partial charge in [-0.15, -0.1) is 0 Å². The lowest BCUT2D eigenvalue weighted by Crippen LogP contribution is -2.51. The number of nitrogens with one attached hydrogen (secondary N) is 1. The Balaban J connectivity index is 1.79. The van der Waals surface area contributed by atoms with Gasteiger partial charge in [-0.05, 0) is 52.6 Å². The Bertz CT molecular complexity index is 224. The van der Waals surface area contributed by atoms with Crippen LogP contribution in [-0.4, -0.2) is 48.8 Å². The molecule has 2 rings (SSSR count). The van der Waals surface area contributed by atoms with Crippen LogP contribution in [0.15, 0.2) is 0 Å². The third-order valence-electron chi connectivity index (χ3n) is 4.12. The van der Waals surface area contributed by atoms with E-state index in [9.17, 15) is 0 Å². The molecule has 2 saturated heterocycles. The zero-order valence-electron chi connectivity index (χ0n) is 11.6. The van der Waals surface area contributed by atoms with Gasteiger partial charge in [0.15, 0.2) is 0 Å². The summed E-state index contributed by atoms with van der Waals surface area (Å²) in [4.78, 5) is 2.56. The second-order valence-electron chi connectivity index (χ2n) is 5.82. The molecule has 2 heterocycles. The Hall–Kier alpha value is -0.120. The highest BCUT2D eigenvalue weighted by Crippen LogP contribution is 2.21. The zero-order chi connectivity index (χ0) is 12.3. The molecule has 3 atom stereocenters. The summed E-state index contributed by atoms with van der Waals surface area (Å²) >= 11 is 0. The SMILES string of the molecule is CCN1CCCC(NC2CC(C)OC(C)C2)C1. The van der Waals surface area contributed by atoms with E-state index in [2.05, 4.69) is 31.0 Å². The first kappa shape index (κ1) is 13.3. The van der Waals surface area contributed by atoms with E-state index < -0.39 is 0 Å². The van der Waals surface area contributed by atoms with Gasteiger partial charge in [0.05, 0.1) is 12.2 Å². The fourth-order valence-corrected chi connectivity index (χ4v) is 3.35. The van der Waals surface area contributed by atoms with Crippen LogP contribution in [0, 0.1) is 0 Å². The minimum atomic E-state index is 0.419. The molecule has 0 bridgehead atoms. The molecule has 2 fully saturated rings. The van der Waals surface area contributed by atoms with Crippen LogP contribution in [0.4, 0.5) is 0 Å². The molecule has 0 aromatic rings. The summed E-state index contributed by atoms with van der Waals surface area (Å²) in [6.07, 6.45) is 5.88. The molecule has 0 amide bonds. The van der Waals surface area contributed by atoms with Crippen LogP contribution in [-0.2, 0) is 4.74 Å². The van der Waals surface area contributed by atoms with E-state index in [1.165, 1.54) is 45.3 Å². The van der Waals surface area contributed by atoms with E-state index in [1.807, 2.05) is 0 Å². The third-order valence-corrected chi connectivity index (χ3v) is 4.12. The third kappa shape index (κ3) is 3.94. The first-order valence-electron chi connectivity index (χ1n) is 7.31. The van der Waals surface area contributed by atoms with Gasteiger partial charge in [-0.25, -0.2) is 0 Å². The number of nitrogens with zero attached hydrogens (tertiary/aromatic N) is 1. The molecule has 0 aliphatic carbocycles. The average molecular weight is 240 g/mol. The van der Waals surface area contributed by atoms with E-state index in [0.717, 1.165) is 0 Å². The number of hydrogen-bond donors (Lipinski definition) is 1. The summed E-state index contributed by atoms with van der Waals surface area (Å²) in [6, 6.07) is 1.36. The monoisotopic (exact) mass is 240 g/mol. The fraction of sp³-hybridized carbons (Fsp3) is 1.00. The predicted molar refractivity (Wildman–Crippen MR) is 71.3 cm³/mol. The van der Waals surface area contributed by atoms with Gasteiger partial charge in [0.2, 0.25) is 0 Å². The average Bonchev–Trinajstić information content (AvgIpc) is 2.28. The number of hydrogen-bond acceptors (Lipinski definition) is 3. The van der Waals surface area contributed by atoms with Gasteiger partial charge in [-0.1, -0.05) is 6.92 Å². The van der Waals surface area contributed by atoms with Crippen molar-refractivity contribution in [3.05, 3.63) is 0 Å². The second kappa shape index (κ2) is 6.17. The Kier molecular flexibility index (Phi) is 4.83. The maximum absolute atomic E-state index is 5.80. The zero-order valence-corrected chi connectivity index (χ0v) is 11.6. The van der Waals surface area contributed by atoms with Crippen LogP contribution >= 0.6 is 0 Å². The van der Waals surface area contributed by atoms with Crippen molar-refractivity contribution in [3.8, 4) is 0 Å². The number of likely N-dealkylation sites (N-methyl/N-ethyl adjacent to an activating group) is 1. The van der Waals surface area contributed by atoms with Crippen molar-refractivity contribution in [1.29, 1.82) is 0 Å². The van der Waals surface area contributed by atoms with Crippen molar-refractivity contribution in [1.82, 2.24) is 10.2 Å². The van der Waals surface area contributed by atoms with Crippen molar-refractivity contribution in [3.63, 3.8) is 0 Å². The minimum absolute atomic E-state index is 0.419. The molecular formula is C14H28N2O. The smallest absolute Gasteiger partial charge is 0.0565 e. The van der Waals surface area contributed by atoms with Crippen LogP contribution in [0.2, 0.25) is 0 Å². The first-order valence-corrected chi connectivity index (χ1v) is 7.31. The molecule has 3 unspecified atom stereocenters. The van der Waals surface area contributed by atoms with Crippen molar-refractivity contribution < 1.29 is 4.74 Å². The van der Waals surface area contributed by atoms with E-state index >= 15 is 0 Å². The Morgan fingerprint density at radius 1 is 1.18 bits per heavy atom. The lowest BCUT2D eigenvalue weighted by atomic mass is 9.97. The van der Waals surface area contributed by atoms with Gasteiger partial charge in [0.25, 0.3) is 0 Å². The topological polar surface area (TPSA) is 24.5 Å². The van der Waals surface area contributed by atoms with Crippen LogP contribution in [0.3, 0.4) is 0 Å². The minimum Gasteiger partial charge on any atom is -0.375 e. The molecular weight excluding hydrogens is 212 g/mol. The molecule has 17 heavy (non-hydrogen) atoms.